The van der Waals surface area contributed by atoms with E-state index in [4.69, 9.17) is 4.74 Å². The van der Waals surface area contributed by atoms with Crippen molar-refractivity contribution in [2.45, 2.75) is 62.4 Å². The van der Waals surface area contributed by atoms with E-state index in [9.17, 15) is 9.18 Å². The molecule has 1 amide bonds. The summed E-state index contributed by atoms with van der Waals surface area (Å²) in [4.78, 5) is 20.8. The molecule has 0 radical (unpaired) electrons. The minimum atomic E-state index is -0.671. The normalized spacial score (nSPS) is 26.0. The zero-order valence-corrected chi connectivity index (χ0v) is 19.5. The minimum absolute atomic E-state index is 0.196. The van der Waals surface area contributed by atoms with Crippen molar-refractivity contribution >= 4 is 16.7 Å². The first-order chi connectivity index (χ1) is 16.6. The number of fused-ring (bicyclic) bond motifs is 3. The van der Waals surface area contributed by atoms with Gasteiger partial charge in [0.2, 0.25) is 5.91 Å². The maximum Gasteiger partial charge on any atom is 0.233 e. The molecule has 4 nitrogen and oxygen atoms in total. The molecule has 1 aromatic heterocycles. The molecule has 5 heteroatoms. The molecule has 2 aromatic carbocycles. The van der Waals surface area contributed by atoms with Crippen LogP contribution in [-0.2, 0) is 21.4 Å². The SMILES string of the molecule is O=C(N1C2CCC1CC(Cc1cccc3ccncc13)C2)C1(c2cccc(F)c2)CCOCC1. The van der Waals surface area contributed by atoms with E-state index in [1.165, 1.54) is 22.4 Å². The fourth-order valence-corrected chi connectivity index (χ4v) is 6.83. The zero-order valence-electron chi connectivity index (χ0n) is 19.5. The van der Waals surface area contributed by atoms with Gasteiger partial charge in [-0.3, -0.25) is 9.78 Å². The third-order valence-corrected chi connectivity index (χ3v) is 8.48. The van der Waals surface area contributed by atoms with E-state index in [1.54, 1.807) is 12.1 Å². The van der Waals surface area contributed by atoms with E-state index >= 15 is 0 Å². The highest BCUT2D eigenvalue weighted by Crippen LogP contribution is 2.45. The minimum Gasteiger partial charge on any atom is -0.381 e. The topological polar surface area (TPSA) is 42.4 Å². The summed E-state index contributed by atoms with van der Waals surface area (Å²) in [5.41, 5.74) is 1.50. The van der Waals surface area contributed by atoms with Gasteiger partial charge >= 0.3 is 0 Å². The molecule has 3 fully saturated rings. The van der Waals surface area contributed by atoms with Crippen molar-refractivity contribution < 1.29 is 13.9 Å². The lowest BCUT2D eigenvalue weighted by molar-refractivity contribution is -0.146. The molecular formula is C29H31FN2O2. The van der Waals surface area contributed by atoms with Gasteiger partial charge < -0.3 is 9.64 Å². The molecule has 0 N–H and O–H groups in total. The van der Waals surface area contributed by atoms with E-state index < -0.39 is 5.41 Å². The lowest BCUT2D eigenvalue weighted by Crippen LogP contribution is -2.56. The standard InChI is InChI=1S/C29H31FN2O2/c30-24-6-2-5-23(18-24)29(10-13-34-14-11-29)28(33)32-25-7-8-26(32)17-20(16-25)15-22-4-1-3-21-9-12-31-19-27(21)22/h1-6,9,12,18-20,25-26H,7-8,10-11,13-17H2. The van der Waals surface area contributed by atoms with Gasteiger partial charge in [0.15, 0.2) is 0 Å². The molecule has 0 spiro atoms. The third kappa shape index (κ3) is 3.70. The summed E-state index contributed by atoms with van der Waals surface area (Å²) < 4.78 is 19.8. The average Bonchev–Trinajstić information content (AvgIpc) is 3.14. The van der Waals surface area contributed by atoms with Gasteiger partial charge in [-0.15, -0.1) is 0 Å². The number of benzene rings is 2. The molecular weight excluding hydrogens is 427 g/mol. The number of piperidine rings is 1. The van der Waals surface area contributed by atoms with Gasteiger partial charge in [0.1, 0.15) is 5.82 Å². The monoisotopic (exact) mass is 458 g/mol. The Morgan fingerprint density at radius 3 is 2.59 bits per heavy atom. The van der Waals surface area contributed by atoms with Crippen molar-refractivity contribution in [1.82, 2.24) is 9.88 Å². The number of carbonyl (C=O) groups is 1. The number of aromatic nitrogens is 1. The van der Waals surface area contributed by atoms with Crippen molar-refractivity contribution in [3.8, 4) is 0 Å². The Morgan fingerprint density at radius 1 is 1.06 bits per heavy atom. The largest absolute Gasteiger partial charge is 0.381 e. The lowest BCUT2D eigenvalue weighted by atomic mass is 9.72. The first-order valence-corrected chi connectivity index (χ1v) is 12.6. The number of amides is 1. The number of hydrogen-bond acceptors (Lipinski definition) is 3. The van der Waals surface area contributed by atoms with Gasteiger partial charge in [-0.2, -0.15) is 0 Å². The average molecular weight is 459 g/mol. The highest BCUT2D eigenvalue weighted by molar-refractivity contribution is 5.89. The molecule has 176 valence electrons. The smallest absolute Gasteiger partial charge is 0.233 e. The number of nitrogens with zero attached hydrogens (tertiary/aromatic N) is 2. The molecule has 6 rings (SSSR count). The Hall–Kier alpha value is -2.79. The van der Waals surface area contributed by atoms with Gasteiger partial charge in [0.25, 0.3) is 0 Å². The molecule has 3 saturated heterocycles. The quantitative estimate of drug-likeness (QED) is 0.523. The second-order valence-corrected chi connectivity index (χ2v) is 10.4. The summed E-state index contributed by atoms with van der Waals surface area (Å²) in [7, 11) is 0. The van der Waals surface area contributed by atoms with E-state index in [0.29, 0.717) is 32.0 Å². The number of rotatable bonds is 4. The number of halogens is 1. The zero-order chi connectivity index (χ0) is 23.1. The Kier molecular flexibility index (Phi) is 5.60. The van der Waals surface area contributed by atoms with Gasteiger partial charge in [-0.1, -0.05) is 30.3 Å². The van der Waals surface area contributed by atoms with E-state index in [1.807, 2.05) is 18.5 Å². The summed E-state index contributed by atoms with van der Waals surface area (Å²) in [5.74, 6) is 0.483. The number of hydrogen-bond donors (Lipinski definition) is 0. The summed E-state index contributed by atoms with van der Waals surface area (Å²) >= 11 is 0. The number of pyridine rings is 1. The first-order valence-electron chi connectivity index (χ1n) is 12.6. The predicted molar refractivity (Wildman–Crippen MR) is 130 cm³/mol. The number of carbonyl (C=O) groups excluding carboxylic acids is 1. The summed E-state index contributed by atoms with van der Waals surface area (Å²) in [6.07, 6.45) is 10.3. The van der Waals surface area contributed by atoms with Crippen molar-refractivity contribution in [3.63, 3.8) is 0 Å². The fraction of sp³-hybridized carbons (Fsp3) is 0.448. The van der Waals surface area contributed by atoms with E-state index in [0.717, 1.165) is 37.7 Å². The van der Waals surface area contributed by atoms with Crippen LogP contribution in [0.4, 0.5) is 4.39 Å². The molecule has 4 heterocycles. The Labute approximate surface area is 200 Å². The highest BCUT2D eigenvalue weighted by atomic mass is 19.1. The molecule has 0 saturated carbocycles. The molecule has 34 heavy (non-hydrogen) atoms. The van der Waals surface area contributed by atoms with Crippen LogP contribution in [-0.4, -0.2) is 41.1 Å². The Morgan fingerprint density at radius 2 is 1.82 bits per heavy atom. The van der Waals surface area contributed by atoms with E-state index in [-0.39, 0.29) is 23.8 Å². The Bertz CT molecular complexity index is 1190. The van der Waals surface area contributed by atoms with Crippen LogP contribution >= 0.6 is 0 Å². The van der Waals surface area contributed by atoms with Crippen LogP contribution in [0, 0.1) is 11.7 Å². The predicted octanol–water partition coefficient (Wildman–Crippen LogP) is 5.43. The fourth-order valence-electron chi connectivity index (χ4n) is 6.83. The second kappa shape index (κ2) is 8.77. The summed E-state index contributed by atoms with van der Waals surface area (Å²) in [6.45, 7) is 1.09. The molecule has 3 aromatic rings. The lowest BCUT2D eigenvalue weighted by Gasteiger charge is -2.46. The molecule has 2 bridgehead atoms. The van der Waals surface area contributed by atoms with Gasteiger partial charge in [-0.25, -0.2) is 4.39 Å². The third-order valence-electron chi connectivity index (χ3n) is 8.48. The first kappa shape index (κ1) is 21.7. The van der Waals surface area contributed by atoms with Crippen molar-refractivity contribution in [3.05, 3.63) is 77.9 Å². The molecule has 3 aliphatic rings. The highest BCUT2D eigenvalue weighted by Gasteiger charge is 2.51. The van der Waals surface area contributed by atoms with Crippen molar-refractivity contribution in [1.29, 1.82) is 0 Å². The molecule has 3 aliphatic heterocycles. The molecule has 2 atom stereocenters. The maximum atomic E-state index is 14.2. The van der Waals surface area contributed by atoms with Crippen molar-refractivity contribution in [2.75, 3.05) is 13.2 Å². The van der Waals surface area contributed by atoms with Crippen LogP contribution in [0.25, 0.3) is 10.8 Å². The van der Waals surface area contributed by atoms with Crippen molar-refractivity contribution in [2.24, 2.45) is 5.92 Å². The van der Waals surface area contributed by atoms with Gasteiger partial charge in [-0.05, 0) is 85.6 Å². The summed E-state index contributed by atoms with van der Waals surface area (Å²) in [6, 6.07) is 15.8. The van der Waals surface area contributed by atoms with Gasteiger partial charge in [0.05, 0.1) is 5.41 Å². The number of ether oxygens (including phenoxy) is 1. The summed E-state index contributed by atoms with van der Waals surface area (Å²) in [5, 5.41) is 2.47. The van der Waals surface area contributed by atoms with Gasteiger partial charge in [0, 0.05) is 43.1 Å². The van der Waals surface area contributed by atoms with E-state index in [2.05, 4.69) is 34.1 Å². The van der Waals surface area contributed by atoms with Crippen LogP contribution in [0.1, 0.15) is 49.7 Å². The van der Waals surface area contributed by atoms with Crippen LogP contribution in [0.2, 0.25) is 0 Å². The van der Waals surface area contributed by atoms with Crippen LogP contribution < -0.4 is 0 Å². The van der Waals surface area contributed by atoms with Crippen LogP contribution in [0.15, 0.2) is 60.9 Å². The van der Waals surface area contributed by atoms with Crippen LogP contribution in [0.5, 0.6) is 0 Å². The second-order valence-electron chi connectivity index (χ2n) is 10.4. The maximum absolute atomic E-state index is 14.2. The molecule has 0 aliphatic carbocycles. The Balaban J connectivity index is 1.25. The molecule has 2 unspecified atom stereocenters. The van der Waals surface area contributed by atoms with Crippen LogP contribution in [0.3, 0.4) is 0 Å².